The zero-order valence-electron chi connectivity index (χ0n) is 14.5. The minimum atomic E-state index is 0.454. The molecule has 2 heterocycles. The smallest absolute Gasteiger partial charge is 0.130 e. The van der Waals surface area contributed by atoms with Gasteiger partial charge in [-0.05, 0) is 32.4 Å². The Labute approximate surface area is 129 Å². The molecule has 1 fully saturated rings. The molecule has 120 valence electrons. The number of nitrogens with zero attached hydrogens (tertiary/aromatic N) is 4. The van der Waals surface area contributed by atoms with Crippen molar-refractivity contribution in [1.82, 2.24) is 20.0 Å². The van der Waals surface area contributed by atoms with Gasteiger partial charge in [0.15, 0.2) is 0 Å². The van der Waals surface area contributed by atoms with E-state index in [0.29, 0.717) is 12.0 Å². The van der Waals surface area contributed by atoms with Gasteiger partial charge in [0.1, 0.15) is 5.82 Å². The lowest BCUT2D eigenvalue weighted by atomic mass is 10.1. The molecule has 5 nitrogen and oxygen atoms in total. The maximum atomic E-state index is 4.72. The largest absolute Gasteiger partial charge is 0.363 e. The molecule has 1 aromatic heterocycles. The predicted octanol–water partition coefficient (Wildman–Crippen LogP) is 1.79. The molecule has 1 saturated heterocycles. The molecule has 0 amide bonds. The van der Waals surface area contributed by atoms with Crippen molar-refractivity contribution in [2.75, 3.05) is 39.1 Å². The summed E-state index contributed by atoms with van der Waals surface area (Å²) >= 11 is 0. The van der Waals surface area contributed by atoms with Crippen LogP contribution in [0.4, 0.5) is 5.82 Å². The Morgan fingerprint density at radius 1 is 1.33 bits per heavy atom. The van der Waals surface area contributed by atoms with Crippen LogP contribution in [0.3, 0.4) is 0 Å². The average molecular weight is 293 g/mol. The highest BCUT2D eigenvalue weighted by molar-refractivity contribution is 5.50. The fourth-order valence-electron chi connectivity index (χ4n) is 3.37. The number of aryl methyl sites for hydroxylation is 1. The van der Waals surface area contributed by atoms with Gasteiger partial charge in [0, 0.05) is 45.8 Å². The van der Waals surface area contributed by atoms with Crippen LogP contribution in [0.25, 0.3) is 0 Å². The number of anilines is 1. The first-order valence-corrected chi connectivity index (χ1v) is 8.05. The molecule has 0 saturated carbocycles. The topological polar surface area (TPSA) is 36.3 Å². The molecule has 0 aliphatic carbocycles. The molecule has 1 unspecified atom stereocenters. The fraction of sp³-hybridized carbons (Fsp3) is 0.812. The number of hydrogen-bond donors (Lipinski definition) is 1. The van der Waals surface area contributed by atoms with E-state index in [4.69, 9.17) is 5.10 Å². The summed E-state index contributed by atoms with van der Waals surface area (Å²) in [5.74, 6) is 1.67. The van der Waals surface area contributed by atoms with Gasteiger partial charge in [-0.2, -0.15) is 5.10 Å². The Bertz CT molecular complexity index is 463. The van der Waals surface area contributed by atoms with Crippen molar-refractivity contribution >= 4 is 5.82 Å². The van der Waals surface area contributed by atoms with Crippen molar-refractivity contribution in [3.05, 3.63) is 11.3 Å². The van der Waals surface area contributed by atoms with Crippen LogP contribution in [0.2, 0.25) is 0 Å². The zero-order valence-corrected chi connectivity index (χ0v) is 14.5. The van der Waals surface area contributed by atoms with E-state index in [-0.39, 0.29) is 0 Å². The highest BCUT2D eigenvalue weighted by Gasteiger charge is 2.22. The second-order valence-corrected chi connectivity index (χ2v) is 6.77. The molecule has 1 aromatic rings. The van der Waals surface area contributed by atoms with Gasteiger partial charge >= 0.3 is 0 Å². The Hall–Kier alpha value is -1.07. The third-order valence-electron chi connectivity index (χ3n) is 4.47. The SMILES string of the molecule is CC(C)c1nn(C)c(N(C)C)c1CNCC1CCCN1C. The van der Waals surface area contributed by atoms with Crippen molar-refractivity contribution in [1.29, 1.82) is 0 Å². The second-order valence-electron chi connectivity index (χ2n) is 6.77. The summed E-state index contributed by atoms with van der Waals surface area (Å²) in [6.07, 6.45) is 2.64. The standard InChI is InChI=1S/C16H31N5/c1-12(2)15-14(16(19(3)4)21(6)18-15)11-17-10-13-8-7-9-20(13)5/h12-13,17H,7-11H2,1-6H3. The van der Waals surface area contributed by atoms with E-state index in [2.05, 4.69) is 50.1 Å². The van der Waals surface area contributed by atoms with Crippen molar-refractivity contribution in [3.8, 4) is 0 Å². The Kier molecular flexibility index (Phi) is 5.27. The Morgan fingerprint density at radius 3 is 2.57 bits per heavy atom. The minimum absolute atomic E-state index is 0.454. The first-order chi connectivity index (χ1) is 9.91. The monoisotopic (exact) mass is 293 g/mol. The molecule has 2 rings (SSSR count). The van der Waals surface area contributed by atoms with Crippen molar-refractivity contribution in [3.63, 3.8) is 0 Å². The molecule has 1 aliphatic heterocycles. The number of aromatic nitrogens is 2. The lowest BCUT2D eigenvalue weighted by Crippen LogP contribution is -2.35. The summed E-state index contributed by atoms with van der Waals surface area (Å²) < 4.78 is 2.01. The summed E-state index contributed by atoms with van der Waals surface area (Å²) in [7, 11) is 8.45. The maximum Gasteiger partial charge on any atom is 0.130 e. The van der Waals surface area contributed by atoms with E-state index < -0.39 is 0 Å². The van der Waals surface area contributed by atoms with Crippen LogP contribution in [-0.4, -0.2) is 55.0 Å². The third-order valence-corrected chi connectivity index (χ3v) is 4.47. The highest BCUT2D eigenvalue weighted by Crippen LogP contribution is 2.27. The molecular formula is C16H31N5. The van der Waals surface area contributed by atoms with Gasteiger partial charge in [-0.15, -0.1) is 0 Å². The van der Waals surface area contributed by atoms with Crippen LogP contribution in [0, 0.1) is 0 Å². The van der Waals surface area contributed by atoms with Gasteiger partial charge in [0.05, 0.1) is 5.69 Å². The molecular weight excluding hydrogens is 262 g/mol. The van der Waals surface area contributed by atoms with Crippen LogP contribution in [0.15, 0.2) is 0 Å². The van der Waals surface area contributed by atoms with Crippen molar-refractivity contribution in [2.45, 2.75) is 45.2 Å². The lowest BCUT2D eigenvalue weighted by molar-refractivity contribution is 0.300. The molecule has 0 spiro atoms. The summed E-state index contributed by atoms with van der Waals surface area (Å²) in [4.78, 5) is 4.63. The third kappa shape index (κ3) is 3.58. The van der Waals surface area contributed by atoms with E-state index >= 15 is 0 Å². The number of rotatable bonds is 6. The molecule has 1 N–H and O–H groups in total. The number of nitrogens with one attached hydrogen (secondary N) is 1. The molecule has 5 heteroatoms. The Morgan fingerprint density at radius 2 is 2.05 bits per heavy atom. The van der Waals surface area contributed by atoms with Gasteiger partial charge in [-0.3, -0.25) is 4.68 Å². The quantitative estimate of drug-likeness (QED) is 0.867. The van der Waals surface area contributed by atoms with Crippen LogP contribution in [0.5, 0.6) is 0 Å². The summed E-state index contributed by atoms with van der Waals surface area (Å²) in [5.41, 5.74) is 2.56. The predicted molar refractivity (Wildman–Crippen MR) is 89.0 cm³/mol. The van der Waals surface area contributed by atoms with Crippen LogP contribution in [0.1, 0.15) is 43.9 Å². The van der Waals surface area contributed by atoms with Gasteiger partial charge < -0.3 is 15.1 Å². The molecule has 0 radical (unpaired) electrons. The first kappa shape index (κ1) is 16.3. The number of likely N-dealkylation sites (tertiary alicyclic amines) is 1. The van der Waals surface area contributed by atoms with Crippen molar-refractivity contribution in [2.24, 2.45) is 7.05 Å². The van der Waals surface area contributed by atoms with Gasteiger partial charge in [0.2, 0.25) is 0 Å². The van der Waals surface area contributed by atoms with Crippen molar-refractivity contribution < 1.29 is 0 Å². The van der Waals surface area contributed by atoms with Crippen LogP contribution in [-0.2, 0) is 13.6 Å². The molecule has 0 bridgehead atoms. The molecule has 1 aliphatic rings. The normalized spacial score (nSPS) is 19.7. The van der Waals surface area contributed by atoms with Crippen LogP contribution >= 0.6 is 0 Å². The van der Waals surface area contributed by atoms with E-state index in [0.717, 1.165) is 13.1 Å². The summed E-state index contributed by atoms with van der Waals surface area (Å²) in [5, 5.41) is 8.38. The first-order valence-electron chi connectivity index (χ1n) is 8.05. The summed E-state index contributed by atoms with van der Waals surface area (Å²) in [6, 6.07) is 0.687. The van der Waals surface area contributed by atoms with E-state index in [9.17, 15) is 0 Å². The number of likely N-dealkylation sites (N-methyl/N-ethyl adjacent to an activating group) is 1. The fourth-order valence-corrected chi connectivity index (χ4v) is 3.37. The number of hydrogen-bond acceptors (Lipinski definition) is 4. The maximum absolute atomic E-state index is 4.72. The lowest BCUT2D eigenvalue weighted by Gasteiger charge is -2.21. The molecule has 21 heavy (non-hydrogen) atoms. The van der Waals surface area contributed by atoms with E-state index in [1.165, 1.54) is 36.5 Å². The minimum Gasteiger partial charge on any atom is -0.363 e. The Balaban J connectivity index is 2.07. The van der Waals surface area contributed by atoms with Gasteiger partial charge in [-0.1, -0.05) is 13.8 Å². The average Bonchev–Trinajstić information content (AvgIpc) is 2.94. The zero-order chi connectivity index (χ0) is 15.6. The second kappa shape index (κ2) is 6.79. The van der Waals surface area contributed by atoms with Crippen LogP contribution < -0.4 is 10.2 Å². The van der Waals surface area contributed by atoms with Gasteiger partial charge in [0.25, 0.3) is 0 Å². The summed E-state index contributed by atoms with van der Waals surface area (Å²) in [6.45, 7) is 7.64. The molecule has 0 aromatic carbocycles. The highest BCUT2D eigenvalue weighted by atomic mass is 15.4. The van der Waals surface area contributed by atoms with Gasteiger partial charge in [-0.25, -0.2) is 0 Å². The van der Waals surface area contributed by atoms with E-state index in [1.54, 1.807) is 0 Å². The van der Waals surface area contributed by atoms with E-state index in [1.807, 2.05) is 11.7 Å². The molecule has 1 atom stereocenters.